The van der Waals surface area contributed by atoms with Gasteiger partial charge in [-0.3, -0.25) is 4.90 Å². The second kappa shape index (κ2) is 7.93. The summed E-state index contributed by atoms with van der Waals surface area (Å²) in [5.74, 6) is 1.60. The molecule has 2 aromatic rings. The number of benzene rings is 1. The first-order chi connectivity index (χ1) is 13.4. The zero-order valence-electron chi connectivity index (χ0n) is 16.1. The van der Waals surface area contributed by atoms with Crippen LogP contribution in [0.15, 0.2) is 36.4 Å². The van der Waals surface area contributed by atoms with E-state index in [2.05, 4.69) is 35.2 Å². The lowest BCUT2D eigenvalue weighted by Crippen LogP contribution is -2.31. The summed E-state index contributed by atoms with van der Waals surface area (Å²) in [5, 5.41) is 4.71. The molecule has 0 saturated carbocycles. The molecule has 1 saturated heterocycles. The van der Waals surface area contributed by atoms with E-state index in [9.17, 15) is 8.42 Å². The van der Waals surface area contributed by atoms with Gasteiger partial charge in [0, 0.05) is 26.6 Å². The van der Waals surface area contributed by atoms with E-state index in [1.807, 2.05) is 22.4 Å². The largest absolute Gasteiger partial charge is 0.307 e. The number of rotatable bonds is 5. The molecule has 1 aromatic heterocycles. The first kappa shape index (κ1) is 19.5. The van der Waals surface area contributed by atoms with Crippen molar-refractivity contribution in [3.05, 3.63) is 52.6 Å². The van der Waals surface area contributed by atoms with E-state index in [1.165, 1.54) is 11.1 Å². The van der Waals surface area contributed by atoms with Gasteiger partial charge < -0.3 is 4.57 Å². The van der Waals surface area contributed by atoms with Crippen LogP contribution >= 0.6 is 12.2 Å². The Morgan fingerprint density at radius 3 is 2.68 bits per heavy atom. The number of hydrogen-bond donors (Lipinski definition) is 0. The highest BCUT2D eigenvalue weighted by molar-refractivity contribution is 7.91. The van der Waals surface area contributed by atoms with Gasteiger partial charge in [0.05, 0.1) is 18.2 Å². The molecule has 1 atom stereocenters. The van der Waals surface area contributed by atoms with Crippen LogP contribution in [0, 0.1) is 10.7 Å². The molecule has 28 heavy (non-hydrogen) atoms. The Balaban J connectivity index is 1.42. The van der Waals surface area contributed by atoms with Crippen molar-refractivity contribution in [1.29, 1.82) is 0 Å². The van der Waals surface area contributed by atoms with Crippen LogP contribution in [0.25, 0.3) is 5.57 Å². The monoisotopic (exact) mass is 418 g/mol. The molecule has 0 bridgehead atoms. The van der Waals surface area contributed by atoms with Crippen LogP contribution < -0.4 is 0 Å². The molecule has 1 aromatic carbocycles. The van der Waals surface area contributed by atoms with E-state index in [0.717, 1.165) is 31.8 Å². The highest BCUT2D eigenvalue weighted by Gasteiger charge is 2.29. The fraction of sp³-hybridized carbons (Fsp3) is 0.500. The minimum Gasteiger partial charge on any atom is -0.307 e. The van der Waals surface area contributed by atoms with E-state index in [1.54, 1.807) is 0 Å². The fourth-order valence-electron chi connectivity index (χ4n) is 4.04. The van der Waals surface area contributed by atoms with E-state index in [4.69, 9.17) is 17.3 Å². The summed E-state index contributed by atoms with van der Waals surface area (Å²) < 4.78 is 27.9. The van der Waals surface area contributed by atoms with Crippen LogP contribution in [0.5, 0.6) is 0 Å². The minimum atomic E-state index is -2.87. The lowest BCUT2D eigenvalue weighted by atomic mass is 10.00. The molecule has 1 fully saturated rings. The molecule has 0 spiro atoms. The highest BCUT2D eigenvalue weighted by Crippen LogP contribution is 2.23. The molecular formula is C20H26N4O2S2. The molecule has 2 aliphatic rings. The van der Waals surface area contributed by atoms with Crippen LogP contribution in [0.3, 0.4) is 0 Å². The van der Waals surface area contributed by atoms with Crippen LogP contribution in [0.4, 0.5) is 0 Å². The van der Waals surface area contributed by atoms with Gasteiger partial charge in [0.25, 0.3) is 0 Å². The van der Waals surface area contributed by atoms with Crippen LogP contribution in [-0.4, -0.2) is 52.3 Å². The quantitative estimate of drug-likeness (QED) is 0.699. The topological polar surface area (TPSA) is 60.1 Å². The molecule has 3 heterocycles. The molecule has 0 unspecified atom stereocenters. The summed E-state index contributed by atoms with van der Waals surface area (Å²) in [4.78, 5) is 2.33. The van der Waals surface area contributed by atoms with E-state index >= 15 is 0 Å². The molecule has 0 radical (unpaired) electrons. The van der Waals surface area contributed by atoms with E-state index < -0.39 is 9.84 Å². The van der Waals surface area contributed by atoms with Gasteiger partial charge in [-0.25, -0.2) is 13.1 Å². The molecule has 0 amide bonds. The Kier molecular flexibility index (Phi) is 5.53. The second-order valence-electron chi connectivity index (χ2n) is 7.79. The molecule has 2 aliphatic heterocycles. The van der Waals surface area contributed by atoms with Crippen molar-refractivity contribution in [2.45, 2.75) is 25.9 Å². The molecule has 0 N–H and O–H groups in total. The number of nitrogens with zero attached hydrogens (tertiary/aromatic N) is 4. The average Bonchev–Trinajstić information content (AvgIpc) is 3.17. The zero-order chi connectivity index (χ0) is 19.7. The maximum atomic E-state index is 11.7. The summed E-state index contributed by atoms with van der Waals surface area (Å²) in [7, 11) is -0.942. The van der Waals surface area contributed by atoms with Crippen LogP contribution in [0.1, 0.15) is 24.2 Å². The summed E-state index contributed by atoms with van der Waals surface area (Å²) >= 11 is 5.57. The molecule has 4 rings (SSSR count). The summed E-state index contributed by atoms with van der Waals surface area (Å²) in [5.41, 5.74) is 2.69. The highest BCUT2D eigenvalue weighted by atomic mass is 32.2. The standard InChI is InChI=1S/C20H26N4O2S2/c1-22-19(13-16-9-12-28(25,26)14-16)21-24(20(22)27)15-23-10-7-18(8-11-23)17-5-3-2-4-6-17/h2-7,16H,8-15H2,1H3/t16-/m1/s1. The minimum absolute atomic E-state index is 0.153. The van der Waals surface area contributed by atoms with Crippen molar-refractivity contribution >= 4 is 27.6 Å². The van der Waals surface area contributed by atoms with Gasteiger partial charge in [-0.15, -0.1) is 0 Å². The lowest BCUT2D eigenvalue weighted by Gasteiger charge is -2.26. The molecular weight excluding hydrogens is 392 g/mol. The first-order valence-corrected chi connectivity index (χ1v) is 11.9. The number of hydrogen-bond acceptors (Lipinski definition) is 5. The predicted octanol–water partition coefficient (Wildman–Crippen LogP) is 2.68. The number of sulfone groups is 1. The van der Waals surface area contributed by atoms with Crippen LogP contribution in [-0.2, 0) is 30.0 Å². The maximum Gasteiger partial charge on any atom is 0.198 e. The molecule has 6 nitrogen and oxygen atoms in total. The SMILES string of the molecule is Cn1c(C[C@H]2CCS(=O)(=O)C2)nn(CN2CC=C(c3ccccc3)CC2)c1=S. The van der Waals surface area contributed by atoms with Gasteiger partial charge >= 0.3 is 0 Å². The summed E-state index contributed by atoms with van der Waals surface area (Å²) in [6.07, 6.45) is 4.69. The van der Waals surface area contributed by atoms with Crippen molar-refractivity contribution in [1.82, 2.24) is 19.2 Å². The normalized spacial score (nSPS) is 22.3. The third-order valence-corrected chi connectivity index (χ3v) is 8.02. The van der Waals surface area contributed by atoms with Crippen LogP contribution in [0.2, 0.25) is 0 Å². The Bertz CT molecular complexity index is 1040. The zero-order valence-corrected chi connectivity index (χ0v) is 17.8. The molecule has 8 heteroatoms. The van der Waals surface area contributed by atoms with Gasteiger partial charge in [0.2, 0.25) is 0 Å². The van der Waals surface area contributed by atoms with E-state index in [-0.39, 0.29) is 11.7 Å². The Morgan fingerprint density at radius 2 is 2.04 bits per heavy atom. The summed E-state index contributed by atoms with van der Waals surface area (Å²) in [6.45, 7) is 2.50. The molecule has 0 aliphatic carbocycles. The van der Waals surface area contributed by atoms with Gasteiger partial charge in [-0.2, -0.15) is 5.10 Å². The van der Waals surface area contributed by atoms with E-state index in [0.29, 0.717) is 23.6 Å². The van der Waals surface area contributed by atoms with Gasteiger partial charge in [-0.05, 0) is 42.1 Å². The van der Waals surface area contributed by atoms with Gasteiger partial charge in [0.15, 0.2) is 14.6 Å². The Morgan fingerprint density at radius 1 is 1.25 bits per heavy atom. The van der Waals surface area contributed by atoms with Crippen molar-refractivity contribution in [3.8, 4) is 0 Å². The van der Waals surface area contributed by atoms with Crippen molar-refractivity contribution < 1.29 is 8.42 Å². The number of aromatic nitrogens is 3. The van der Waals surface area contributed by atoms with Crippen molar-refractivity contribution in [2.24, 2.45) is 13.0 Å². The van der Waals surface area contributed by atoms with Gasteiger partial charge in [-0.1, -0.05) is 36.4 Å². The fourth-order valence-corrected chi connectivity index (χ4v) is 6.10. The average molecular weight is 419 g/mol. The Labute approximate surface area is 171 Å². The molecule has 150 valence electrons. The second-order valence-corrected chi connectivity index (χ2v) is 10.4. The van der Waals surface area contributed by atoms with Gasteiger partial charge in [0.1, 0.15) is 5.82 Å². The predicted molar refractivity (Wildman–Crippen MR) is 113 cm³/mol. The summed E-state index contributed by atoms with van der Waals surface area (Å²) in [6, 6.07) is 10.5. The maximum absolute atomic E-state index is 11.7. The third kappa shape index (κ3) is 4.29. The van der Waals surface area contributed by atoms with Crippen molar-refractivity contribution in [2.75, 3.05) is 24.6 Å². The smallest absolute Gasteiger partial charge is 0.198 e. The first-order valence-electron chi connectivity index (χ1n) is 9.71. The Hall–Kier alpha value is -1.77. The van der Waals surface area contributed by atoms with Crippen molar-refractivity contribution in [3.63, 3.8) is 0 Å². The lowest BCUT2D eigenvalue weighted by molar-refractivity contribution is 0.225. The third-order valence-electron chi connectivity index (χ3n) is 5.70.